The summed E-state index contributed by atoms with van der Waals surface area (Å²) in [6.45, 7) is 2.55. The highest BCUT2D eigenvalue weighted by molar-refractivity contribution is 5.92. The lowest BCUT2D eigenvalue weighted by Gasteiger charge is -2.15. The van der Waals surface area contributed by atoms with Gasteiger partial charge in [0, 0.05) is 32.4 Å². The number of aryl methyl sites for hydroxylation is 2. The Morgan fingerprint density at radius 3 is 2.89 bits per heavy atom. The zero-order valence-corrected chi connectivity index (χ0v) is 10.8. The number of aromatic nitrogens is 4. The molecule has 2 aromatic rings. The summed E-state index contributed by atoms with van der Waals surface area (Å²) in [6.07, 6.45) is 4.32. The number of carbonyl (C=O) groups is 1. The van der Waals surface area contributed by atoms with Crippen LogP contribution >= 0.6 is 0 Å². The Balaban J connectivity index is 2.12. The Morgan fingerprint density at radius 2 is 2.33 bits per heavy atom. The van der Waals surface area contributed by atoms with Gasteiger partial charge in [0.2, 0.25) is 0 Å². The SMILES string of the molecule is CCc1cc(C(=O)N(C)Cc2cn[nH]c2)n(C)n1. The van der Waals surface area contributed by atoms with Crippen molar-refractivity contribution in [2.24, 2.45) is 7.05 Å². The average molecular weight is 247 g/mol. The maximum Gasteiger partial charge on any atom is 0.272 e. The molecule has 6 nitrogen and oxygen atoms in total. The lowest BCUT2D eigenvalue weighted by molar-refractivity contribution is 0.0774. The summed E-state index contributed by atoms with van der Waals surface area (Å²) < 4.78 is 1.63. The van der Waals surface area contributed by atoms with Crippen molar-refractivity contribution in [3.8, 4) is 0 Å². The van der Waals surface area contributed by atoms with Crippen molar-refractivity contribution in [1.82, 2.24) is 24.9 Å². The van der Waals surface area contributed by atoms with Crippen LogP contribution in [0.4, 0.5) is 0 Å². The van der Waals surface area contributed by atoms with Crippen molar-refractivity contribution in [3.63, 3.8) is 0 Å². The second-order valence-corrected chi connectivity index (χ2v) is 4.27. The average Bonchev–Trinajstić information content (AvgIpc) is 2.97. The van der Waals surface area contributed by atoms with E-state index in [2.05, 4.69) is 15.3 Å². The Hall–Kier alpha value is -2.11. The molecule has 0 aliphatic rings. The fourth-order valence-electron chi connectivity index (χ4n) is 1.80. The van der Waals surface area contributed by atoms with Crippen LogP contribution in [0.3, 0.4) is 0 Å². The Kier molecular flexibility index (Phi) is 3.45. The van der Waals surface area contributed by atoms with Crippen LogP contribution in [0, 0.1) is 0 Å². The van der Waals surface area contributed by atoms with E-state index in [1.165, 1.54) is 0 Å². The second-order valence-electron chi connectivity index (χ2n) is 4.27. The van der Waals surface area contributed by atoms with Crippen LogP contribution in [0.25, 0.3) is 0 Å². The maximum absolute atomic E-state index is 12.3. The summed E-state index contributed by atoms with van der Waals surface area (Å²) in [5.74, 6) is -0.0362. The molecule has 0 aromatic carbocycles. The van der Waals surface area contributed by atoms with Gasteiger partial charge in [-0.3, -0.25) is 14.6 Å². The van der Waals surface area contributed by atoms with Gasteiger partial charge in [0.15, 0.2) is 0 Å². The minimum Gasteiger partial charge on any atom is -0.336 e. The van der Waals surface area contributed by atoms with E-state index in [9.17, 15) is 4.79 Å². The van der Waals surface area contributed by atoms with Crippen molar-refractivity contribution in [2.75, 3.05) is 7.05 Å². The van der Waals surface area contributed by atoms with Gasteiger partial charge >= 0.3 is 0 Å². The maximum atomic E-state index is 12.3. The molecule has 0 aliphatic heterocycles. The lowest BCUT2D eigenvalue weighted by atomic mass is 10.2. The monoisotopic (exact) mass is 247 g/mol. The summed E-state index contributed by atoms with van der Waals surface area (Å²) in [7, 11) is 3.56. The largest absolute Gasteiger partial charge is 0.336 e. The van der Waals surface area contributed by atoms with E-state index in [0.717, 1.165) is 17.7 Å². The van der Waals surface area contributed by atoms with Crippen LogP contribution in [0.15, 0.2) is 18.5 Å². The number of nitrogens with zero attached hydrogens (tertiary/aromatic N) is 4. The highest BCUT2D eigenvalue weighted by Crippen LogP contribution is 2.09. The molecule has 0 aliphatic carbocycles. The first-order valence-corrected chi connectivity index (χ1v) is 5.87. The molecule has 0 fully saturated rings. The summed E-state index contributed by atoms with van der Waals surface area (Å²) in [5.41, 5.74) is 2.51. The minimum atomic E-state index is -0.0362. The van der Waals surface area contributed by atoms with Gasteiger partial charge in [-0.25, -0.2) is 0 Å². The predicted molar refractivity (Wildman–Crippen MR) is 67.0 cm³/mol. The van der Waals surface area contributed by atoms with Gasteiger partial charge in [-0.05, 0) is 12.5 Å². The van der Waals surface area contributed by atoms with Gasteiger partial charge in [0.05, 0.1) is 11.9 Å². The zero-order chi connectivity index (χ0) is 13.1. The molecule has 0 saturated carbocycles. The van der Waals surface area contributed by atoms with Crippen LogP contribution < -0.4 is 0 Å². The van der Waals surface area contributed by atoms with E-state index in [-0.39, 0.29) is 5.91 Å². The lowest BCUT2D eigenvalue weighted by Crippen LogP contribution is -2.27. The number of H-pyrrole nitrogens is 1. The van der Waals surface area contributed by atoms with Gasteiger partial charge in [-0.15, -0.1) is 0 Å². The van der Waals surface area contributed by atoms with E-state index in [1.807, 2.05) is 13.0 Å². The summed E-state index contributed by atoms with van der Waals surface area (Å²) in [5, 5.41) is 10.9. The van der Waals surface area contributed by atoms with E-state index < -0.39 is 0 Å². The smallest absolute Gasteiger partial charge is 0.272 e. The Labute approximate surface area is 106 Å². The summed E-state index contributed by atoms with van der Waals surface area (Å²) in [4.78, 5) is 13.9. The van der Waals surface area contributed by atoms with Crippen molar-refractivity contribution >= 4 is 5.91 Å². The number of hydrogen-bond donors (Lipinski definition) is 1. The first-order chi connectivity index (χ1) is 8.61. The van der Waals surface area contributed by atoms with Crippen molar-refractivity contribution < 1.29 is 4.79 Å². The third kappa shape index (κ3) is 2.42. The molecule has 0 spiro atoms. The highest BCUT2D eigenvalue weighted by Gasteiger charge is 2.17. The first-order valence-electron chi connectivity index (χ1n) is 5.87. The van der Waals surface area contributed by atoms with Crippen LogP contribution in [0.2, 0.25) is 0 Å². The third-order valence-corrected chi connectivity index (χ3v) is 2.83. The second kappa shape index (κ2) is 5.03. The summed E-state index contributed by atoms with van der Waals surface area (Å²) >= 11 is 0. The Bertz CT molecular complexity index is 529. The Morgan fingerprint density at radius 1 is 1.56 bits per heavy atom. The molecule has 6 heteroatoms. The zero-order valence-electron chi connectivity index (χ0n) is 10.8. The molecule has 18 heavy (non-hydrogen) atoms. The molecule has 0 unspecified atom stereocenters. The molecule has 2 rings (SSSR count). The van der Waals surface area contributed by atoms with Gasteiger partial charge in [0.25, 0.3) is 5.91 Å². The molecular weight excluding hydrogens is 230 g/mol. The van der Waals surface area contributed by atoms with Gasteiger partial charge in [0.1, 0.15) is 5.69 Å². The number of nitrogens with one attached hydrogen (secondary N) is 1. The normalized spacial score (nSPS) is 10.6. The van der Waals surface area contributed by atoms with Crippen LogP contribution in [-0.4, -0.2) is 37.8 Å². The van der Waals surface area contributed by atoms with Crippen LogP contribution in [0.1, 0.15) is 28.7 Å². The molecule has 0 radical (unpaired) electrons. The molecule has 0 atom stereocenters. The standard InChI is InChI=1S/C12H17N5O/c1-4-10-5-11(17(3)15-10)12(18)16(2)8-9-6-13-14-7-9/h5-7H,4,8H2,1-3H3,(H,13,14). The van der Waals surface area contributed by atoms with Gasteiger partial charge in [-0.1, -0.05) is 6.92 Å². The quantitative estimate of drug-likeness (QED) is 0.875. The van der Waals surface area contributed by atoms with Gasteiger partial charge in [-0.2, -0.15) is 10.2 Å². The van der Waals surface area contributed by atoms with Crippen LogP contribution in [-0.2, 0) is 20.0 Å². The first kappa shape index (κ1) is 12.3. The van der Waals surface area contributed by atoms with E-state index in [4.69, 9.17) is 0 Å². The molecule has 96 valence electrons. The number of carbonyl (C=O) groups excluding carboxylic acids is 1. The summed E-state index contributed by atoms with van der Waals surface area (Å²) in [6, 6.07) is 1.84. The van der Waals surface area contributed by atoms with E-state index in [1.54, 1.807) is 36.1 Å². The highest BCUT2D eigenvalue weighted by atomic mass is 16.2. The predicted octanol–water partition coefficient (Wildman–Crippen LogP) is 0.978. The molecule has 2 aromatic heterocycles. The number of amides is 1. The van der Waals surface area contributed by atoms with Crippen LogP contribution in [0.5, 0.6) is 0 Å². The van der Waals surface area contributed by atoms with Gasteiger partial charge < -0.3 is 4.90 Å². The van der Waals surface area contributed by atoms with Crippen molar-refractivity contribution in [3.05, 3.63) is 35.4 Å². The molecular formula is C12H17N5O. The van der Waals surface area contributed by atoms with E-state index in [0.29, 0.717) is 12.2 Å². The molecule has 2 heterocycles. The van der Waals surface area contributed by atoms with E-state index >= 15 is 0 Å². The number of aromatic amines is 1. The molecule has 1 N–H and O–H groups in total. The number of rotatable bonds is 4. The molecule has 1 amide bonds. The minimum absolute atomic E-state index is 0.0362. The third-order valence-electron chi connectivity index (χ3n) is 2.83. The molecule has 0 saturated heterocycles. The topological polar surface area (TPSA) is 66.8 Å². The molecule has 0 bridgehead atoms. The fraction of sp³-hybridized carbons (Fsp3) is 0.417. The number of hydrogen-bond acceptors (Lipinski definition) is 3. The van der Waals surface area contributed by atoms with Crippen molar-refractivity contribution in [1.29, 1.82) is 0 Å². The fourth-order valence-corrected chi connectivity index (χ4v) is 1.80. The van der Waals surface area contributed by atoms with Crippen molar-refractivity contribution in [2.45, 2.75) is 19.9 Å².